The number of fused-ring (bicyclic) bond motifs is 1. The zero-order valence-electron chi connectivity index (χ0n) is 7.93. The molecule has 1 saturated heterocycles. The van der Waals surface area contributed by atoms with Gasteiger partial charge in [0, 0.05) is 13.1 Å². The maximum atomic E-state index is 8.83. The fourth-order valence-corrected chi connectivity index (χ4v) is 2.18. The van der Waals surface area contributed by atoms with Gasteiger partial charge in [0.2, 0.25) is 0 Å². The molecule has 0 bridgehead atoms. The maximum absolute atomic E-state index is 8.83. The fourth-order valence-electron chi connectivity index (χ4n) is 2.18. The summed E-state index contributed by atoms with van der Waals surface area (Å²) in [6, 6.07) is 0. The first-order chi connectivity index (χ1) is 6.86. The molecule has 1 aromatic heterocycles. The normalized spacial score (nSPS) is 29.1. The van der Waals surface area contributed by atoms with E-state index in [1.54, 1.807) is 12.4 Å². The maximum Gasteiger partial charge on any atom is 0.147 e. The van der Waals surface area contributed by atoms with Crippen molar-refractivity contribution < 1.29 is 5.11 Å². The van der Waals surface area contributed by atoms with Crippen LogP contribution in [0.15, 0.2) is 12.4 Å². The molecule has 0 aromatic carbocycles. The third-order valence-electron chi connectivity index (χ3n) is 3.16. The highest BCUT2D eigenvalue weighted by Gasteiger charge is 2.45. The first-order valence-electron chi connectivity index (χ1n) is 5.03. The van der Waals surface area contributed by atoms with Crippen molar-refractivity contribution in [3.05, 3.63) is 18.1 Å². The molecule has 14 heavy (non-hydrogen) atoms. The Morgan fingerprint density at radius 2 is 2.07 bits per heavy atom. The van der Waals surface area contributed by atoms with Crippen LogP contribution in [0, 0.1) is 11.8 Å². The van der Waals surface area contributed by atoms with Crippen molar-refractivity contribution in [3.63, 3.8) is 0 Å². The van der Waals surface area contributed by atoms with Crippen molar-refractivity contribution in [2.24, 2.45) is 11.8 Å². The highest BCUT2D eigenvalue weighted by molar-refractivity contribution is 5.39. The van der Waals surface area contributed by atoms with Crippen LogP contribution in [0.1, 0.15) is 12.1 Å². The molecule has 1 aliphatic heterocycles. The summed E-state index contributed by atoms with van der Waals surface area (Å²) in [5.41, 5.74) is 0.637. The van der Waals surface area contributed by atoms with E-state index in [0.717, 1.165) is 30.7 Å². The topological polar surface area (TPSA) is 49.3 Å². The van der Waals surface area contributed by atoms with Gasteiger partial charge in [-0.25, -0.2) is 4.98 Å². The van der Waals surface area contributed by atoms with Crippen molar-refractivity contribution in [3.8, 4) is 0 Å². The lowest BCUT2D eigenvalue weighted by Crippen LogP contribution is -2.23. The molecule has 1 aliphatic carbocycles. The quantitative estimate of drug-likeness (QED) is 0.736. The lowest BCUT2D eigenvalue weighted by Gasteiger charge is -2.18. The van der Waals surface area contributed by atoms with E-state index in [4.69, 9.17) is 5.11 Å². The Morgan fingerprint density at radius 3 is 2.64 bits per heavy atom. The number of piperidine rings is 1. The van der Waals surface area contributed by atoms with Crippen LogP contribution in [0.2, 0.25) is 0 Å². The van der Waals surface area contributed by atoms with E-state index < -0.39 is 0 Å². The van der Waals surface area contributed by atoms with Gasteiger partial charge >= 0.3 is 0 Å². The molecule has 2 atom stereocenters. The minimum absolute atomic E-state index is 0.0292. The predicted molar refractivity (Wildman–Crippen MR) is 51.8 cm³/mol. The molecule has 74 valence electrons. The number of nitrogens with zero attached hydrogens (tertiary/aromatic N) is 3. The third-order valence-corrected chi connectivity index (χ3v) is 3.16. The number of hydrogen-bond donors (Lipinski definition) is 1. The van der Waals surface area contributed by atoms with E-state index in [1.165, 1.54) is 6.42 Å². The molecule has 0 radical (unpaired) electrons. The average molecular weight is 191 g/mol. The minimum atomic E-state index is -0.0292. The van der Waals surface area contributed by atoms with E-state index in [2.05, 4.69) is 14.9 Å². The summed E-state index contributed by atoms with van der Waals surface area (Å²) >= 11 is 0. The van der Waals surface area contributed by atoms with Crippen molar-refractivity contribution in [2.75, 3.05) is 18.0 Å². The van der Waals surface area contributed by atoms with Gasteiger partial charge in [0.05, 0.1) is 24.7 Å². The summed E-state index contributed by atoms with van der Waals surface area (Å²) in [6.07, 6.45) is 4.81. The number of rotatable bonds is 2. The zero-order valence-corrected chi connectivity index (χ0v) is 7.93. The van der Waals surface area contributed by atoms with Crippen LogP contribution < -0.4 is 4.90 Å². The number of hydrogen-bond acceptors (Lipinski definition) is 4. The van der Waals surface area contributed by atoms with E-state index in [-0.39, 0.29) is 6.61 Å². The second-order valence-electron chi connectivity index (χ2n) is 4.18. The third kappa shape index (κ3) is 1.26. The van der Waals surface area contributed by atoms with Gasteiger partial charge in [-0.3, -0.25) is 4.98 Å². The highest BCUT2D eigenvalue weighted by atomic mass is 16.3. The molecule has 2 fully saturated rings. The molecule has 2 unspecified atom stereocenters. The van der Waals surface area contributed by atoms with Gasteiger partial charge in [0.1, 0.15) is 5.82 Å². The Balaban J connectivity index is 1.76. The van der Waals surface area contributed by atoms with Gasteiger partial charge in [0.25, 0.3) is 0 Å². The number of anilines is 1. The summed E-state index contributed by atoms with van der Waals surface area (Å²) in [6.45, 7) is 2.24. The lowest BCUT2D eigenvalue weighted by molar-refractivity contribution is 0.276. The van der Waals surface area contributed by atoms with Gasteiger partial charge in [-0.05, 0) is 18.3 Å². The first-order valence-corrected chi connectivity index (χ1v) is 5.03. The molecule has 1 N–H and O–H groups in total. The summed E-state index contributed by atoms with van der Waals surface area (Å²) in [5, 5.41) is 8.83. The zero-order chi connectivity index (χ0) is 9.54. The highest BCUT2D eigenvalue weighted by Crippen LogP contribution is 2.45. The summed E-state index contributed by atoms with van der Waals surface area (Å²) in [4.78, 5) is 10.7. The first kappa shape index (κ1) is 8.17. The van der Waals surface area contributed by atoms with Crippen LogP contribution in [-0.4, -0.2) is 28.2 Å². The van der Waals surface area contributed by atoms with E-state index in [0.29, 0.717) is 5.69 Å². The molecular formula is C10H13N3O. The van der Waals surface area contributed by atoms with E-state index in [9.17, 15) is 0 Å². The Hall–Kier alpha value is -1.16. The van der Waals surface area contributed by atoms with Crippen LogP contribution in [-0.2, 0) is 6.61 Å². The molecule has 0 amide bonds. The molecule has 2 heterocycles. The average Bonchev–Trinajstić information content (AvgIpc) is 2.86. The molecule has 3 rings (SSSR count). The summed E-state index contributed by atoms with van der Waals surface area (Å²) in [5.74, 6) is 2.78. The standard InChI is InChI=1S/C10H13N3O/c14-6-9-2-12-10(3-11-9)13-4-7-1-8(7)5-13/h2-3,7-8,14H,1,4-6H2. The van der Waals surface area contributed by atoms with E-state index in [1.807, 2.05) is 0 Å². The second kappa shape index (κ2) is 2.92. The van der Waals surface area contributed by atoms with Crippen LogP contribution in [0.5, 0.6) is 0 Å². The summed E-state index contributed by atoms with van der Waals surface area (Å²) < 4.78 is 0. The Bertz CT molecular complexity index is 328. The van der Waals surface area contributed by atoms with Crippen molar-refractivity contribution >= 4 is 5.82 Å². The molecule has 2 aliphatic rings. The number of aliphatic hydroxyl groups is 1. The second-order valence-corrected chi connectivity index (χ2v) is 4.18. The Labute approximate surface area is 82.6 Å². The molecule has 4 heteroatoms. The van der Waals surface area contributed by atoms with Crippen LogP contribution in [0.25, 0.3) is 0 Å². The molecule has 0 spiro atoms. The summed E-state index contributed by atoms with van der Waals surface area (Å²) in [7, 11) is 0. The van der Waals surface area contributed by atoms with Crippen LogP contribution in [0.3, 0.4) is 0 Å². The molecule has 1 aromatic rings. The molecule has 4 nitrogen and oxygen atoms in total. The van der Waals surface area contributed by atoms with Crippen LogP contribution in [0.4, 0.5) is 5.82 Å². The minimum Gasteiger partial charge on any atom is -0.390 e. The van der Waals surface area contributed by atoms with Crippen molar-refractivity contribution in [2.45, 2.75) is 13.0 Å². The number of aromatic nitrogens is 2. The van der Waals surface area contributed by atoms with Crippen molar-refractivity contribution in [1.29, 1.82) is 0 Å². The number of aliphatic hydroxyl groups excluding tert-OH is 1. The van der Waals surface area contributed by atoms with E-state index >= 15 is 0 Å². The van der Waals surface area contributed by atoms with Gasteiger partial charge in [-0.2, -0.15) is 0 Å². The molecular weight excluding hydrogens is 178 g/mol. The SMILES string of the molecule is OCc1cnc(N2CC3CC3C2)cn1. The van der Waals surface area contributed by atoms with Gasteiger partial charge in [-0.1, -0.05) is 0 Å². The van der Waals surface area contributed by atoms with Crippen molar-refractivity contribution in [1.82, 2.24) is 9.97 Å². The largest absolute Gasteiger partial charge is 0.390 e. The fraction of sp³-hybridized carbons (Fsp3) is 0.600. The van der Waals surface area contributed by atoms with Gasteiger partial charge in [0.15, 0.2) is 0 Å². The van der Waals surface area contributed by atoms with Crippen LogP contribution >= 0.6 is 0 Å². The monoisotopic (exact) mass is 191 g/mol. The van der Waals surface area contributed by atoms with Gasteiger partial charge in [-0.15, -0.1) is 0 Å². The van der Waals surface area contributed by atoms with Gasteiger partial charge < -0.3 is 10.0 Å². The predicted octanol–water partition coefficient (Wildman–Crippen LogP) is 0.425. The Kier molecular flexibility index (Phi) is 1.70. The lowest BCUT2D eigenvalue weighted by atomic mass is 10.4. The smallest absolute Gasteiger partial charge is 0.147 e. The Morgan fingerprint density at radius 1 is 1.29 bits per heavy atom. The molecule has 1 saturated carbocycles.